The number of carbonyl (C=O) groups is 3. The number of nitrogen functional groups attached to an aromatic ring is 1. The van der Waals surface area contributed by atoms with Crippen LogP contribution in [0, 0.1) is 0 Å². The topological polar surface area (TPSA) is 190 Å². The minimum atomic E-state index is -4.89. The molecule has 0 heterocycles. The Morgan fingerprint density at radius 2 is 1.35 bits per heavy atom. The van der Waals surface area contributed by atoms with E-state index >= 15 is 0 Å². The Morgan fingerprint density at radius 3 is 1.93 bits per heavy atom. The monoisotopic (exact) mass is 639 g/mol. The molecule has 0 saturated heterocycles. The summed E-state index contributed by atoms with van der Waals surface area (Å²) >= 11 is 6.07. The van der Waals surface area contributed by atoms with Gasteiger partial charge in [-0.25, -0.2) is 8.42 Å². The van der Waals surface area contributed by atoms with Crippen LogP contribution in [-0.4, -0.2) is 43.6 Å². The minimum Gasteiger partial charge on any atom is -0.397 e. The smallest absolute Gasteiger partial charge is 0.296 e. The van der Waals surface area contributed by atoms with Crippen LogP contribution in [0.15, 0.2) is 94.7 Å². The van der Waals surface area contributed by atoms with Crippen molar-refractivity contribution in [1.82, 2.24) is 0 Å². The van der Waals surface area contributed by atoms with Gasteiger partial charge in [0.25, 0.3) is 10.1 Å². The Kier molecular flexibility index (Phi) is 7.84. The molecule has 0 aromatic heterocycles. The third kappa shape index (κ3) is 5.75. The molecule has 5 rings (SSSR count). The van der Waals surface area contributed by atoms with Crippen molar-refractivity contribution in [3.8, 4) is 0 Å². The van der Waals surface area contributed by atoms with Crippen molar-refractivity contribution in [1.29, 1.82) is 0 Å². The standard InChI is InChI=1S/C29H22ClN3O8S2/c30-23(42(37,38)18-6-2-1-3-7-18)15-24(34)33-17-12-10-16(11-13-17)32-21-14-22(43(39,40)41)27(31)26-25(21)28(35)19-8-4-5-9-20(19)29(26)36/h1-14,23,32H,15,31H2,(H,33,34)(H,39,40,41). The van der Waals surface area contributed by atoms with Crippen molar-refractivity contribution in [2.75, 3.05) is 16.4 Å². The highest BCUT2D eigenvalue weighted by molar-refractivity contribution is 7.93. The molecule has 1 aliphatic rings. The highest BCUT2D eigenvalue weighted by Crippen LogP contribution is 2.40. The number of sulfone groups is 1. The zero-order valence-corrected chi connectivity index (χ0v) is 24.3. The van der Waals surface area contributed by atoms with E-state index in [1.54, 1.807) is 30.3 Å². The maximum absolute atomic E-state index is 13.4. The second kappa shape index (κ2) is 11.3. The maximum atomic E-state index is 13.4. The van der Waals surface area contributed by atoms with Gasteiger partial charge in [0.15, 0.2) is 21.4 Å². The van der Waals surface area contributed by atoms with Crippen molar-refractivity contribution < 1.29 is 35.8 Å². The van der Waals surface area contributed by atoms with Crippen LogP contribution in [0.25, 0.3) is 0 Å². The molecule has 0 spiro atoms. The number of amides is 1. The van der Waals surface area contributed by atoms with E-state index in [9.17, 15) is 35.8 Å². The molecule has 0 radical (unpaired) electrons. The fourth-order valence-electron chi connectivity index (χ4n) is 4.62. The summed E-state index contributed by atoms with van der Waals surface area (Å²) in [7, 11) is -8.83. The Balaban J connectivity index is 1.40. The number of rotatable bonds is 8. The number of ketones is 2. The van der Waals surface area contributed by atoms with E-state index in [0.29, 0.717) is 5.69 Å². The van der Waals surface area contributed by atoms with Crippen LogP contribution in [0.4, 0.5) is 22.7 Å². The van der Waals surface area contributed by atoms with Crippen molar-refractivity contribution >= 4 is 71.8 Å². The van der Waals surface area contributed by atoms with Crippen LogP contribution in [0.2, 0.25) is 0 Å². The van der Waals surface area contributed by atoms with E-state index in [2.05, 4.69) is 10.6 Å². The minimum absolute atomic E-state index is 0.0103. The lowest BCUT2D eigenvalue weighted by Crippen LogP contribution is -2.25. The third-order valence-electron chi connectivity index (χ3n) is 6.68. The lowest BCUT2D eigenvalue weighted by Gasteiger charge is -2.23. The molecule has 1 unspecified atom stereocenters. The lowest BCUT2D eigenvalue weighted by molar-refractivity contribution is -0.116. The highest BCUT2D eigenvalue weighted by Gasteiger charge is 2.36. The molecular formula is C29H22ClN3O8S2. The number of hydrogen-bond donors (Lipinski definition) is 4. The fraction of sp³-hybridized carbons (Fsp3) is 0.0690. The van der Waals surface area contributed by atoms with Crippen LogP contribution < -0.4 is 16.4 Å². The maximum Gasteiger partial charge on any atom is 0.296 e. The summed E-state index contributed by atoms with van der Waals surface area (Å²) in [5.41, 5.74) is 5.56. The number of fused-ring (bicyclic) bond motifs is 2. The molecule has 4 aromatic rings. The van der Waals surface area contributed by atoms with E-state index in [4.69, 9.17) is 17.3 Å². The molecule has 0 bridgehead atoms. The molecule has 1 aliphatic carbocycles. The van der Waals surface area contributed by atoms with Gasteiger partial charge in [0.05, 0.1) is 33.8 Å². The number of halogens is 1. The molecule has 0 fully saturated rings. The van der Waals surface area contributed by atoms with Gasteiger partial charge in [-0.3, -0.25) is 18.9 Å². The van der Waals surface area contributed by atoms with Crippen LogP contribution in [0.5, 0.6) is 0 Å². The first-order valence-corrected chi connectivity index (χ1v) is 15.9. The van der Waals surface area contributed by atoms with Gasteiger partial charge in [0, 0.05) is 22.5 Å². The first-order chi connectivity index (χ1) is 20.3. The third-order valence-corrected chi connectivity index (χ3v) is 10.2. The molecular weight excluding hydrogens is 618 g/mol. The molecule has 0 saturated carbocycles. The predicted octanol–water partition coefficient (Wildman–Crippen LogP) is 4.40. The van der Waals surface area contributed by atoms with Gasteiger partial charge in [-0.2, -0.15) is 8.42 Å². The summed E-state index contributed by atoms with van der Waals surface area (Å²) in [5, 5.41) is 5.44. The zero-order valence-electron chi connectivity index (χ0n) is 21.9. The Bertz CT molecular complexity index is 2010. The van der Waals surface area contributed by atoms with Crippen LogP contribution in [-0.2, 0) is 24.7 Å². The number of benzene rings is 4. The molecule has 11 nitrogen and oxygen atoms in total. The first-order valence-electron chi connectivity index (χ1n) is 12.5. The van der Waals surface area contributed by atoms with Gasteiger partial charge in [-0.15, -0.1) is 11.6 Å². The number of nitrogens with two attached hydrogens (primary N) is 1. The summed E-state index contributed by atoms with van der Waals surface area (Å²) in [5.74, 6) is -1.92. The Morgan fingerprint density at radius 1 is 0.814 bits per heavy atom. The van der Waals surface area contributed by atoms with E-state index in [0.717, 1.165) is 6.07 Å². The van der Waals surface area contributed by atoms with Crippen LogP contribution >= 0.6 is 11.6 Å². The van der Waals surface area contributed by atoms with Gasteiger partial charge in [-0.05, 0) is 42.5 Å². The Hall–Kier alpha value is -4.56. The molecule has 4 aromatic carbocycles. The van der Waals surface area contributed by atoms with Gasteiger partial charge in [0.1, 0.15) is 9.60 Å². The predicted molar refractivity (Wildman–Crippen MR) is 160 cm³/mol. The molecule has 43 heavy (non-hydrogen) atoms. The van der Waals surface area contributed by atoms with Crippen molar-refractivity contribution in [2.24, 2.45) is 0 Å². The average molecular weight is 640 g/mol. The lowest BCUT2D eigenvalue weighted by atomic mass is 9.82. The van der Waals surface area contributed by atoms with Gasteiger partial charge >= 0.3 is 0 Å². The van der Waals surface area contributed by atoms with Crippen molar-refractivity contribution in [3.05, 3.63) is 107 Å². The molecule has 5 N–H and O–H groups in total. The van der Waals surface area contributed by atoms with Crippen molar-refractivity contribution in [3.63, 3.8) is 0 Å². The van der Waals surface area contributed by atoms with E-state index < -0.39 is 59.1 Å². The van der Waals surface area contributed by atoms with Crippen LogP contribution in [0.3, 0.4) is 0 Å². The summed E-state index contributed by atoms with van der Waals surface area (Å²) < 4.78 is 57.8. The van der Waals surface area contributed by atoms with E-state index in [1.165, 1.54) is 48.5 Å². The summed E-state index contributed by atoms with van der Waals surface area (Å²) in [4.78, 5) is 38.5. The second-order valence-corrected chi connectivity index (χ2v) is 13.8. The largest absolute Gasteiger partial charge is 0.397 e. The number of anilines is 4. The Labute approximate surface area is 251 Å². The second-order valence-electron chi connectivity index (χ2n) is 9.49. The van der Waals surface area contributed by atoms with E-state index in [-0.39, 0.29) is 38.5 Å². The highest BCUT2D eigenvalue weighted by atomic mass is 35.5. The fourth-order valence-corrected chi connectivity index (χ4v) is 6.92. The van der Waals surface area contributed by atoms with E-state index in [1.807, 2.05) is 0 Å². The van der Waals surface area contributed by atoms with Crippen molar-refractivity contribution in [2.45, 2.75) is 20.9 Å². The molecule has 1 amide bonds. The zero-order chi connectivity index (χ0) is 31.1. The molecule has 1 atom stereocenters. The number of hydrogen-bond acceptors (Lipinski definition) is 9. The quantitative estimate of drug-likeness (QED) is 0.107. The van der Waals surface area contributed by atoms with Crippen LogP contribution in [0.1, 0.15) is 38.3 Å². The van der Waals surface area contributed by atoms with Gasteiger partial charge < -0.3 is 16.4 Å². The summed E-state index contributed by atoms with van der Waals surface area (Å²) in [6.07, 6.45) is -0.521. The van der Waals surface area contributed by atoms with Gasteiger partial charge in [0.2, 0.25) is 5.91 Å². The number of carbonyl (C=O) groups excluding carboxylic acids is 3. The number of alkyl halides is 1. The summed E-state index contributed by atoms with van der Waals surface area (Å²) in [6.45, 7) is 0. The normalized spacial score (nSPS) is 13.5. The molecule has 220 valence electrons. The molecule has 0 aliphatic heterocycles. The van der Waals surface area contributed by atoms with Gasteiger partial charge in [-0.1, -0.05) is 42.5 Å². The average Bonchev–Trinajstić information content (AvgIpc) is 2.97. The first kappa shape index (κ1) is 29.9. The SMILES string of the molecule is Nc1c(S(=O)(=O)O)cc(Nc2ccc(NC(=O)CC(Cl)S(=O)(=O)c3ccccc3)cc2)c2c1C(=O)c1ccccc1C2=O. The number of nitrogens with one attached hydrogen (secondary N) is 2. The molecule has 14 heteroatoms. The summed E-state index contributed by atoms with van der Waals surface area (Å²) in [6, 6.07) is 20.4.